The lowest BCUT2D eigenvalue weighted by Crippen LogP contribution is -3.00. The van der Waals surface area contributed by atoms with Crippen molar-refractivity contribution in [3.63, 3.8) is 0 Å². The van der Waals surface area contributed by atoms with Crippen LogP contribution in [-0.4, -0.2) is 13.7 Å². The predicted octanol–water partition coefficient (Wildman–Crippen LogP) is -1.16. The van der Waals surface area contributed by atoms with Crippen molar-refractivity contribution in [2.45, 2.75) is 13.0 Å². The third-order valence-corrected chi connectivity index (χ3v) is 3.75. The minimum Gasteiger partial charge on any atom is -1.00 e. The first-order valence-electron chi connectivity index (χ1n) is 6.64. The highest BCUT2D eigenvalue weighted by molar-refractivity contribution is 5.70. The van der Waals surface area contributed by atoms with Crippen LogP contribution in [0.3, 0.4) is 0 Å². The van der Waals surface area contributed by atoms with Crippen molar-refractivity contribution in [2.75, 3.05) is 13.7 Å². The molecule has 20 heavy (non-hydrogen) atoms. The summed E-state index contributed by atoms with van der Waals surface area (Å²) >= 11 is 0. The van der Waals surface area contributed by atoms with Gasteiger partial charge in [-0.25, -0.2) is 4.57 Å². The molecule has 106 valence electrons. The van der Waals surface area contributed by atoms with E-state index in [1.807, 2.05) is 7.05 Å². The lowest BCUT2D eigenvalue weighted by atomic mass is 9.91. The smallest absolute Gasteiger partial charge is 0.169 e. The van der Waals surface area contributed by atoms with Crippen LogP contribution in [0.1, 0.15) is 11.1 Å². The van der Waals surface area contributed by atoms with Gasteiger partial charge >= 0.3 is 0 Å². The van der Waals surface area contributed by atoms with Gasteiger partial charge in [0.05, 0.1) is 7.11 Å². The van der Waals surface area contributed by atoms with Gasteiger partial charge < -0.3 is 34.0 Å². The molecule has 1 N–H and O–H groups in total. The fraction of sp³-hybridized carbons (Fsp3) is 0.312. The van der Waals surface area contributed by atoms with Gasteiger partial charge in [-0.3, -0.25) is 0 Å². The Morgan fingerprint density at radius 3 is 2.55 bits per heavy atom. The van der Waals surface area contributed by atoms with Gasteiger partial charge in [0, 0.05) is 24.2 Å². The van der Waals surface area contributed by atoms with E-state index < -0.39 is 0 Å². The molecule has 1 aromatic carbocycles. The van der Waals surface area contributed by atoms with E-state index in [0.29, 0.717) is 0 Å². The molecule has 0 radical (unpaired) electrons. The second kappa shape index (κ2) is 6.54. The zero-order chi connectivity index (χ0) is 13.2. The largest absolute Gasteiger partial charge is 1.00 e. The summed E-state index contributed by atoms with van der Waals surface area (Å²) in [5, 5.41) is 3.45. The highest BCUT2D eigenvalue weighted by Crippen LogP contribution is 2.33. The van der Waals surface area contributed by atoms with Crippen molar-refractivity contribution in [1.29, 1.82) is 0 Å². The molecule has 2 heterocycles. The molecular formula is C16H19IN2O. The van der Waals surface area contributed by atoms with E-state index in [4.69, 9.17) is 4.74 Å². The van der Waals surface area contributed by atoms with E-state index in [9.17, 15) is 0 Å². The van der Waals surface area contributed by atoms with Crippen LogP contribution in [0.25, 0.3) is 11.1 Å². The molecule has 1 aliphatic rings. The molecular weight excluding hydrogens is 363 g/mol. The third-order valence-electron chi connectivity index (χ3n) is 3.75. The van der Waals surface area contributed by atoms with Gasteiger partial charge in [0.2, 0.25) is 0 Å². The summed E-state index contributed by atoms with van der Waals surface area (Å²) in [7, 11) is 3.79. The number of halogens is 1. The minimum absolute atomic E-state index is 0. The summed E-state index contributed by atoms with van der Waals surface area (Å²) in [4.78, 5) is 0. The van der Waals surface area contributed by atoms with E-state index in [2.05, 4.69) is 46.5 Å². The van der Waals surface area contributed by atoms with E-state index >= 15 is 0 Å². The molecule has 3 rings (SSSR count). The Labute approximate surface area is 137 Å². The molecule has 0 spiro atoms. The van der Waals surface area contributed by atoms with Gasteiger partial charge in [-0.15, -0.1) is 0 Å². The number of aryl methyl sites for hydroxylation is 1. The molecule has 4 heteroatoms. The molecule has 1 aromatic heterocycles. The SMILES string of the molecule is COc1ccc(-c2cc[n+](C)cc2)c2c1CCNC2.[I-]. The number of nitrogens with one attached hydrogen (secondary N) is 1. The number of pyridine rings is 1. The Morgan fingerprint density at radius 1 is 1.10 bits per heavy atom. The summed E-state index contributed by atoms with van der Waals surface area (Å²) < 4.78 is 7.54. The maximum Gasteiger partial charge on any atom is 0.169 e. The average molecular weight is 382 g/mol. The van der Waals surface area contributed by atoms with Gasteiger partial charge in [0.15, 0.2) is 12.4 Å². The van der Waals surface area contributed by atoms with Gasteiger partial charge in [-0.2, -0.15) is 0 Å². The first-order chi connectivity index (χ1) is 9.29. The van der Waals surface area contributed by atoms with Crippen molar-refractivity contribution in [2.24, 2.45) is 7.05 Å². The standard InChI is InChI=1S/C16H19N2O.HI/c1-18-9-6-12(7-10-18)13-3-4-16(19-2)14-5-8-17-11-15(13)14;/h3-4,6-7,9-10,17H,5,8,11H2,1-2H3;1H/q+1;/p-1. The first-order valence-corrected chi connectivity index (χ1v) is 6.64. The number of fused-ring (bicyclic) bond motifs is 1. The monoisotopic (exact) mass is 382 g/mol. The maximum atomic E-state index is 5.49. The second-order valence-corrected chi connectivity index (χ2v) is 4.95. The molecule has 0 saturated carbocycles. The highest BCUT2D eigenvalue weighted by Gasteiger charge is 2.18. The number of methoxy groups -OCH3 is 1. The van der Waals surface area contributed by atoms with E-state index in [1.165, 1.54) is 22.3 Å². The first kappa shape index (κ1) is 15.3. The van der Waals surface area contributed by atoms with Crippen LogP contribution in [0.4, 0.5) is 0 Å². The Hall–Kier alpha value is -1.14. The fourth-order valence-electron chi connectivity index (χ4n) is 2.72. The number of rotatable bonds is 2. The van der Waals surface area contributed by atoms with Crippen LogP contribution < -0.4 is 38.6 Å². The molecule has 0 unspecified atom stereocenters. The zero-order valence-electron chi connectivity index (χ0n) is 11.8. The van der Waals surface area contributed by atoms with Crippen LogP contribution in [0.15, 0.2) is 36.7 Å². The molecule has 0 fully saturated rings. The Kier molecular flexibility index (Phi) is 4.99. The summed E-state index contributed by atoms with van der Waals surface area (Å²) in [6, 6.07) is 8.58. The Balaban J connectivity index is 0.00000147. The quantitative estimate of drug-likeness (QED) is 0.524. The van der Waals surface area contributed by atoms with Crippen molar-refractivity contribution >= 4 is 0 Å². The Morgan fingerprint density at radius 2 is 1.85 bits per heavy atom. The van der Waals surface area contributed by atoms with E-state index in [0.717, 1.165) is 25.3 Å². The van der Waals surface area contributed by atoms with Crippen LogP contribution in [0.2, 0.25) is 0 Å². The van der Waals surface area contributed by atoms with Gasteiger partial charge in [-0.05, 0) is 35.7 Å². The molecule has 0 atom stereocenters. The average Bonchev–Trinajstić information content (AvgIpc) is 2.47. The molecule has 0 saturated heterocycles. The summed E-state index contributed by atoms with van der Waals surface area (Å²) in [5.41, 5.74) is 5.30. The summed E-state index contributed by atoms with van der Waals surface area (Å²) in [6.07, 6.45) is 5.21. The zero-order valence-corrected chi connectivity index (χ0v) is 14.0. The van der Waals surface area contributed by atoms with Crippen molar-refractivity contribution in [3.05, 3.63) is 47.8 Å². The number of ether oxygens (including phenoxy) is 1. The second-order valence-electron chi connectivity index (χ2n) is 4.95. The van der Waals surface area contributed by atoms with Crippen molar-refractivity contribution < 1.29 is 33.3 Å². The van der Waals surface area contributed by atoms with Crippen molar-refractivity contribution in [1.82, 2.24) is 5.32 Å². The molecule has 0 bridgehead atoms. The van der Waals surface area contributed by atoms with Crippen LogP contribution in [0, 0.1) is 0 Å². The van der Waals surface area contributed by atoms with Crippen LogP contribution >= 0.6 is 0 Å². The van der Waals surface area contributed by atoms with E-state index in [1.54, 1.807) is 7.11 Å². The molecule has 0 aliphatic carbocycles. The number of aromatic nitrogens is 1. The molecule has 0 amide bonds. The fourth-order valence-corrected chi connectivity index (χ4v) is 2.72. The number of hydrogen-bond donors (Lipinski definition) is 1. The predicted molar refractivity (Wildman–Crippen MR) is 75.0 cm³/mol. The van der Waals surface area contributed by atoms with E-state index in [-0.39, 0.29) is 24.0 Å². The van der Waals surface area contributed by atoms with Gasteiger partial charge in [-0.1, -0.05) is 6.07 Å². The van der Waals surface area contributed by atoms with Gasteiger partial charge in [0.1, 0.15) is 12.8 Å². The number of hydrogen-bond acceptors (Lipinski definition) is 2. The summed E-state index contributed by atoms with van der Waals surface area (Å²) in [5.74, 6) is 1.02. The number of nitrogens with zero attached hydrogens (tertiary/aromatic N) is 1. The van der Waals surface area contributed by atoms with Crippen LogP contribution in [0.5, 0.6) is 5.75 Å². The maximum absolute atomic E-state index is 5.49. The number of benzene rings is 1. The lowest BCUT2D eigenvalue weighted by Gasteiger charge is -2.22. The lowest BCUT2D eigenvalue weighted by molar-refractivity contribution is -0.671. The van der Waals surface area contributed by atoms with Crippen molar-refractivity contribution in [3.8, 4) is 16.9 Å². The van der Waals surface area contributed by atoms with Gasteiger partial charge in [0.25, 0.3) is 0 Å². The highest BCUT2D eigenvalue weighted by atomic mass is 127. The normalized spacial score (nSPS) is 13.3. The molecule has 2 aromatic rings. The van der Waals surface area contributed by atoms with Crippen LogP contribution in [-0.2, 0) is 20.0 Å². The third kappa shape index (κ3) is 2.81. The summed E-state index contributed by atoms with van der Waals surface area (Å²) in [6.45, 7) is 1.94. The Bertz CT molecular complexity index is 596. The molecule has 3 nitrogen and oxygen atoms in total. The minimum atomic E-state index is 0. The topological polar surface area (TPSA) is 25.1 Å². The molecule has 1 aliphatic heterocycles.